The van der Waals surface area contributed by atoms with Gasteiger partial charge in [0.05, 0.1) is 11.6 Å². The van der Waals surface area contributed by atoms with Crippen molar-refractivity contribution in [2.75, 3.05) is 27.2 Å². The molecule has 0 saturated heterocycles. The van der Waals surface area contributed by atoms with Crippen molar-refractivity contribution in [3.05, 3.63) is 59.5 Å². The Morgan fingerprint density at radius 2 is 2.00 bits per heavy atom. The molecule has 2 aromatic rings. The predicted molar refractivity (Wildman–Crippen MR) is 90.9 cm³/mol. The van der Waals surface area contributed by atoms with Crippen LogP contribution in [0.4, 0.5) is 17.6 Å². The minimum atomic E-state index is -4.46. The molecule has 1 atom stereocenters. The number of likely N-dealkylation sites (N-methyl/N-ethyl adjacent to an activating group) is 1. The lowest BCUT2D eigenvalue weighted by Gasteiger charge is -2.25. The van der Waals surface area contributed by atoms with Crippen LogP contribution in [0.3, 0.4) is 0 Å². The summed E-state index contributed by atoms with van der Waals surface area (Å²) in [6.45, 7) is -1.24. The van der Waals surface area contributed by atoms with Gasteiger partial charge in [-0.2, -0.15) is 13.2 Å². The molecule has 1 aromatic heterocycles. The molecule has 0 aliphatic heterocycles. The van der Waals surface area contributed by atoms with Crippen molar-refractivity contribution in [3.8, 4) is 5.88 Å². The van der Waals surface area contributed by atoms with Crippen molar-refractivity contribution in [2.45, 2.75) is 12.2 Å². The number of nitrogens with zero attached hydrogens (tertiary/aromatic N) is 2. The summed E-state index contributed by atoms with van der Waals surface area (Å²) in [4.78, 5) is 17.8. The van der Waals surface area contributed by atoms with Crippen LogP contribution in [0.1, 0.15) is 22.0 Å². The van der Waals surface area contributed by atoms with E-state index < -0.39 is 18.7 Å². The van der Waals surface area contributed by atoms with Gasteiger partial charge in [0.25, 0.3) is 5.91 Å². The molecule has 1 heterocycles. The van der Waals surface area contributed by atoms with Crippen molar-refractivity contribution in [3.63, 3.8) is 0 Å². The summed E-state index contributed by atoms with van der Waals surface area (Å²) >= 11 is 0. The zero-order valence-corrected chi connectivity index (χ0v) is 14.8. The highest BCUT2D eigenvalue weighted by molar-refractivity contribution is 5.93. The maximum absolute atomic E-state index is 13.4. The first kappa shape index (κ1) is 20.6. The first-order valence-corrected chi connectivity index (χ1v) is 8.01. The Balaban J connectivity index is 1.97. The SMILES string of the molecule is CN(C)C(CNC(=O)c1ccc(OCC(F)(F)F)nc1)c1cccc(F)c1. The molecule has 0 saturated carbocycles. The number of carbonyl (C=O) groups excluding carboxylic acids is 1. The third kappa shape index (κ3) is 6.52. The topological polar surface area (TPSA) is 54.5 Å². The third-order valence-corrected chi connectivity index (χ3v) is 3.70. The highest BCUT2D eigenvalue weighted by Crippen LogP contribution is 2.19. The van der Waals surface area contributed by atoms with E-state index in [-0.39, 0.29) is 29.8 Å². The van der Waals surface area contributed by atoms with Gasteiger partial charge in [-0.05, 0) is 37.9 Å². The Kier molecular flexibility index (Phi) is 6.73. The smallest absolute Gasteiger partial charge is 0.422 e. The van der Waals surface area contributed by atoms with E-state index in [1.165, 1.54) is 24.3 Å². The van der Waals surface area contributed by atoms with Gasteiger partial charge < -0.3 is 15.0 Å². The fourth-order valence-corrected chi connectivity index (χ4v) is 2.36. The van der Waals surface area contributed by atoms with Crippen LogP contribution in [-0.4, -0.2) is 49.2 Å². The van der Waals surface area contributed by atoms with Gasteiger partial charge in [0.1, 0.15) is 5.82 Å². The average molecular weight is 385 g/mol. The molecule has 27 heavy (non-hydrogen) atoms. The van der Waals surface area contributed by atoms with Crippen LogP contribution in [0.5, 0.6) is 5.88 Å². The highest BCUT2D eigenvalue weighted by atomic mass is 19.4. The maximum Gasteiger partial charge on any atom is 0.422 e. The molecule has 1 N–H and O–H groups in total. The van der Waals surface area contributed by atoms with Crippen molar-refractivity contribution in [1.82, 2.24) is 15.2 Å². The molecule has 5 nitrogen and oxygen atoms in total. The van der Waals surface area contributed by atoms with Crippen molar-refractivity contribution in [2.24, 2.45) is 0 Å². The van der Waals surface area contributed by atoms with E-state index in [2.05, 4.69) is 15.0 Å². The number of ether oxygens (including phenoxy) is 1. The average Bonchev–Trinajstić information content (AvgIpc) is 2.59. The number of carbonyl (C=O) groups is 1. The second-order valence-electron chi connectivity index (χ2n) is 6.03. The second-order valence-corrected chi connectivity index (χ2v) is 6.03. The van der Waals surface area contributed by atoms with E-state index in [1.807, 2.05) is 4.90 Å². The van der Waals surface area contributed by atoms with Crippen LogP contribution in [0.15, 0.2) is 42.6 Å². The number of rotatable bonds is 7. The van der Waals surface area contributed by atoms with Crippen molar-refractivity contribution >= 4 is 5.91 Å². The molecule has 0 fully saturated rings. The Morgan fingerprint density at radius 3 is 2.56 bits per heavy atom. The Labute approximate surface area is 154 Å². The second kappa shape index (κ2) is 8.81. The van der Waals surface area contributed by atoms with Gasteiger partial charge in [0.2, 0.25) is 5.88 Å². The van der Waals surface area contributed by atoms with Gasteiger partial charge in [-0.25, -0.2) is 9.37 Å². The van der Waals surface area contributed by atoms with Gasteiger partial charge in [-0.3, -0.25) is 4.79 Å². The number of alkyl halides is 3. The molecular formula is C18H19F4N3O2. The normalized spacial score (nSPS) is 12.7. The zero-order valence-electron chi connectivity index (χ0n) is 14.8. The molecule has 2 rings (SSSR count). The molecule has 1 aromatic carbocycles. The summed E-state index contributed by atoms with van der Waals surface area (Å²) in [5.74, 6) is -1.05. The van der Waals surface area contributed by atoms with E-state index in [4.69, 9.17) is 0 Å². The number of amides is 1. The summed E-state index contributed by atoms with van der Waals surface area (Å²) < 4.78 is 54.3. The lowest BCUT2D eigenvalue weighted by Crippen LogP contribution is -2.34. The van der Waals surface area contributed by atoms with Gasteiger partial charge in [0, 0.05) is 18.8 Å². The largest absolute Gasteiger partial charge is 0.468 e. The van der Waals surface area contributed by atoms with Gasteiger partial charge >= 0.3 is 6.18 Å². The molecule has 9 heteroatoms. The maximum atomic E-state index is 13.4. The molecule has 0 spiro atoms. The molecule has 1 amide bonds. The van der Waals surface area contributed by atoms with Crippen LogP contribution in [0.2, 0.25) is 0 Å². The summed E-state index contributed by atoms with van der Waals surface area (Å²) in [5.41, 5.74) is 0.875. The van der Waals surface area contributed by atoms with Gasteiger partial charge in [0.15, 0.2) is 6.61 Å². The Morgan fingerprint density at radius 1 is 1.26 bits per heavy atom. The molecule has 0 bridgehead atoms. The Bertz CT molecular complexity index is 764. The number of aromatic nitrogens is 1. The number of benzene rings is 1. The number of hydrogen-bond acceptors (Lipinski definition) is 4. The van der Waals surface area contributed by atoms with Crippen LogP contribution < -0.4 is 10.1 Å². The molecule has 0 aliphatic carbocycles. The van der Waals surface area contributed by atoms with Crippen LogP contribution in [0, 0.1) is 5.82 Å². The summed E-state index contributed by atoms with van der Waals surface area (Å²) in [6.07, 6.45) is -3.33. The van der Waals surface area contributed by atoms with Gasteiger partial charge in [-0.15, -0.1) is 0 Å². The molecular weight excluding hydrogens is 366 g/mol. The summed E-state index contributed by atoms with van der Waals surface area (Å²) in [7, 11) is 3.60. The third-order valence-electron chi connectivity index (χ3n) is 3.70. The first-order valence-electron chi connectivity index (χ1n) is 8.01. The van der Waals surface area contributed by atoms with Gasteiger partial charge in [-0.1, -0.05) is 12.1 Å². The first-order chi connectivity index (χ1) is 12.7. The minimum absolute atomic E-state index is 0.172. The van der Waals surface area contributed by atoms with Crippen LogP contribution in [0.25, 0.3) is 0 Å². The molecule has 146 valence electrons. The lowest BCUT2D eigenvalue weighted by atomic mass is 10.1. The molecule has 1 unspecified atom stereocenters. The highest BCUT2D eigenvalue weighted by Gasteiger charge is 2.28. The summed E-state index contributed by atoms with van der Waals surface area (Å²) in [5, 5.41) is 2.71. The summed E-state index contributed by atoms with van der Waals surface area (Å²) in [6, 6.07) is 8.33. The quantitative estimate of drug-likeness (QED) is 0.744. The Hall–Kier alpha value is -2.68. The van der Waals surface area contributed by atoms with Crippen molar-refractivity contribution < 1.29 is 27.1 Å². The van der Waals surface area contributed by atoms with E-state index in [0.29, 0.717) is 5.56 Å². The van der Waals surface area contributed by atoms with E-state index >= 15 is 0 Å². The zero-order chi connectivity index (χ0) is 20.0. The van der Waals surface area contributed by atoms with E-state index in [1.54, 1.807) is 26.2 Å². The molecule has 0 aliphatic rings. The van der Waals surface area contributed by atoms with Crippen LogP contribution in [-0.2, 0) is 0 Å². The van der Waals surface area contributed by atoms with E-state index in [9.17, 15) is 22.4 Å². The van der Waals surface area contributed by atoms with E-state index in [0.717, 1.165) is 6.20 Å². The fourth-order valence-electron chi connectivity index (χ4n) is 2.36. The fraction of sp³-hybridized carbons (Fsp3) is 0.333. The molecule has 0 radical (unpaired) electrons. The number of pyridine rings is 1. The van der Waals surface area contributed by atoms with Crippen molar-refractivity contribution in [1.29, 1.82) is 0 Å². The number of hydrogen-bond donors (Lipinski definition) is 1. The number of nitrogens with one attached hydrogen (secondary N) is 1. The standard InChI is InChI=1S/C18H19F4N3O2/c1-25(2)15(12-4-3-5-14(19)8-12)10-24-17(26)13-6-7-16(23-9-13)27-11-18(20,21)22/h3-9,15H,10-11H2,1-2H3,(H,24,26). The predicted octanol–water partition coefficient (Wildman–Crippen LogP) is 3.19. The number of halogens is 4. The minimum Gasteiger partial charge on any atom is -0.468 e. The van der Waals surface area contributed by atoms with Crippen LogP contribution >= 0.6 is 0 Å². The monoisotopic (exact) mass is 385 g/mol. The lowest BCUT2D eigenvalue weighted by molar-refractivity contribution is -0.154.